The Labute approximate surface area is 73.0 Å². The molecule has 1 N–H and O–H groups in total. The number of hydrogen-bond donors (Lipinski definition) is 1. The lowest BCUT2D eigenvalue weighted by Crippen LogP contribution is -2.04. The summed E-state index contributed by atoms with van der Waals surface area (Å²) in [6.45, 7) is 1.48. The summed E-state index contributed by atoms with van der Waals surface area (Å²) in [5, 5.41) is 8.88. The minimum absolute atomic E-state index is 0.0933. The molecule has 0 amide bonds. The monoisotopic (exact) mass is 194 g/mol. The first-order valence-corrected chi connectivity index (χ1v) is 3.73. The van der Waals surface area contributed by atoms with Crippen LogP contribution in [-0.4, -0.2) is 11.2 Å². The SMILES string of the molecule is CC(O)Cc1ccc(C(F)(F)F)o1. The molecule has 0 radical (unpaired) electrons. The molecule has 0 aromatic carbocycles. The smallest absolute Gasteiger partial charge is 0.449 e. The van der Waals surface area contributed by atoms with E-state index in [4.69, 9.17) is 5.11 Å². The van der Waals surface area contributed by atoms with Crippen molar-refractivity contribution >= 4 is 0 Å². The highest BCUT2D eigenvalue weighted by atomic mass is 19.4. The second-order valence-electron chi connectivity index (χ2n) is 2.82. The molecule has 0 fully saturated rings. The van der Waals surface area contributed by atoms with E-state index in [0.717, 1.165) is 6.07 Å². The molecule has 1 aromatic rings. The number of halogens is 3. The van der Waals surface area contributed by atoms with Crippen LogP contribution in [0.25, 0.3) is 0 Å². The predicted octanol–water partition coefficient (Wildman–Crippen LogP) is 2.22. The summed E-state index contributed by atoms with van der Waals surface area (Å²) in [5.74, 6) is -0.884. The fourth-order valence-electron chi connectivity index (χ4n) is 0.931. The number of furan rings is 1. The maximum Gasteiger partial charge on any atom is 0.449 e. The van der Waals surface area contributed by atoms with Gasteiger partial charge in [0.25, 0.3) is 0 Å². The van der Waals surface area contributed by atoms with Gasteiger partial charge in [-0.1, -0.05) is 0 Å². The molecular formula is C8H9F3O2. The van der Waals surface area contributed by atoms with E-state index >= 15 is 0 Å². The zero-order chi connectivity index (χ0) is 10.1. The van der Waals surface area contributed by atoms with Crippen LogP contribution in [0.15, 0.2) is 16.5 Å². The van der Waals surface area contributed by atoms with Crippen molar-refractivity contribution in [2.45, 2.75) is 25.6 Å². The summed E-state index contributed by atoms with van der Waals surface area (Å²) in [4.78, 5) is 0. The molecule has 5 heteroatoms. The summed E-state index contributed by atoms with van der Waals surface area (Å²) in [5.41, 5.74) is 0. The van der Waals surface area contributed by atoms with E-state index in [2.05, 4.69) is 4.42 Å². The first kappa shape index (κ1) is 10.1. The fourth-order valence-corrected chi connectivity index (χ4v) is 0.931. The van der Waals surface area contributed by atoms with Gasteiger partial charge in [0.15, 0.2) is 0 Å². The van der Waals surface area contributed by atoms with Crippen LogP contribution < -0.4 is 0 Å². The summed E-state index contributed by atoms with van der Waals surface area (Å²) < 4.78 is 40.4. The Kier molecular flexibility index (Phi) is 2.66. The highest BCUT2D eigenvalue weighted by Crippen LogP contribution is 2.30. The maximum absolute atomic E-state index is 12.0. The molecule has 1 rings (SSSR count). The van der Waals surface area contributed by atoms with E-state index in [0.29, 0.717) is 0 Å². The third kappa shape index (κ3) is 2.77. The van der Waals surface area contributed by atoms with Crippen molar-refractivity contribution in [1.29, 1.82) is 0 Å². The lowest BCUT2D eigenvalue weighted by Gasteiger charge is -2.02. The molecule has 0 bridgehead atoms. The number of aliphatic hydroxyl groups excluding tert-OH is 1. The van der Waals surface area contributed by atoms with Crippen LogP contribution in [0.1, 0.15) is 18.4 Å². The van der Waals surface area contributed by atoms with Crippen LogP contribution in [0.5, 0.6) is 0 Å². The largest absolute Gasteiger partial charge is 0.456 e. The average Bonchev–Trinajstić information content (AvgIpc) is 2.32. The molecule has 0 saturated heterocycles. The van der Waals surface area contributed by atoms with E-state index < -0.39 is 18.0 Å². The molecule has 13 heavy (non-hydrogen) atoms. The van der Waals surface area contributed by atoms with E-state index in [1.165, 1.54) is 13.0 Å². The number of rotatable bonds is 2. The van der Waals surface area contributed by atoms with Crippen molar-refractivity contribution < 1.29 is 22.7 Å². The molecular weight excluding hydrogens is 185 g/mol. The van der Waals surface area contributed by atoms with Gasteiger partial charge in [-0.25, -0.2) is 0 Å². The van der Waals surface area contributed by atoms with Crippen molar-refractivity contribution in [2.75, 3.05) is 0 Å². The summed E-state index contributed by atoms with van der Waals surface area (Å²) >= 11 is 0. The molecule has 0 spiro atoms. The summed E-state index contributed by atoms with van der Waals surface area (Å²) in [6, 6.07) is 2.08. The zero-order valence-electron chi connectivity index (χ0n) is 6.93. The molecule has 1 unspecified atom stereocenters. The normalized spacial score (nSPS) is 14.5. The lowest BCUT2D eigenvalue weighted by molar-refractivity contribution is -0.153. The molecule has 0 aliphatic heterocycles. The van der Waals surface area contributed by atoms with Crippen LogP contribution in [-0.2, 0) is 12.6 Å². The Morgan fingerprint density at radius 2 is 2.08 bits per heavy atom. The van der Waals surface area contributed by atoms with Crippen molar-refractivity contribution in [3.05, 3.63) is 23.7 Å². The topological polar surface area (TPSA) is 33.4 Å². The predicted molar refractivity (Wildman–Crippen MR) is 39.1 cm³/mol. The van der Waals surface area contributed by atoms with Gasteiger partial charge in [-0.2, -0.15) is 13.2 Å². The second-order valence-corrected chi connectivity index (χ2v) is 2.82. The van der Waals surface area contributed by atoms with E-state index in [1.54, 1.807) is 0 Å². The number of alkyl halides is 3. The Balaban J connectivity index is 2.75. The second kappa shape index (κ2) is 3.41. The Morgan fingerprint density at radius 1 is 1.46 bits per heavy atom. The molecule has 1 atom stereocenters. The average molecular weight is 194 g/mol. The van der Waals surface area contributed by atoms with Gasteiger partial charge in [0, 0.05) is 6.42 Å². The quantitative estimate of drug-likeness (QED) is 0.783. The van der Waals surface area contributed by atoms with Gasteiger partial charge in [0.05, 0.1) is 6.10 Å². The first-order chi connectivity index (χ1) is 5.89. The Hall–Kier alpha value is -0.970. The van der Waals surface area contributed by atoms with Crippen LogP contribution >= 0.6 is 0 Å². The minimum atomic E-state index is -4.45. The van der Waals surface area contributed by atoms with Crippen LogP contribution in [0.3, 0.4) is 0 Å². The minimum Gasteiger partial charge on any atom is -0.456 e. The number of hydrogen-bond acceptors (Lipinski definition) is 2. The van der Waals surface area contributed by atoms with Gasteiger partial charge < -0.3 is 9.52 Å². The van der Waals surface area contributed by atoms with Crippen LogP contribution in [0, 0.1) is 0 Å². The third-order valence-corrected chi connectivity index (χ3v) is 1.44. The summed E-state index contributed by atoms with van der Waals surface area (Å²) in [7, 11) is 0. The zero-order valence-corrected chi connectivity index (χ0v) is 6.93. The molecule has 1 aromatic heterocycles. The Bertz CT molecular complexity index is 275. The maximum atomic E-state index is 12.0. The van der Waals surface area contributed by atoms with Gasteiger partial charge in [0.2, 0.25) is 5.76 Å². The Morgan fingerprint density at radius 3 is 2.46 bits per heavy atom. The van der Waals surface area contributed by atoms with Crippen molar-refractivity contribution in [3.63, 3.8) is 0 Å². The van der Waals surface area contributed by atoms with Crippen molar-refractivity contribution in [2.24, 2.45) is 0 Å². The van der Waals surface area contributed by atoms with Crippen molar-refractivity contribution in [1.82, 2.24) is 0 Å². The van der Waals surface area contributed by atoms with Gasteiger partial charge in [-0.15, -0.1) is 0 Å². The lowest BCUT2D eigenvalue weighted by atomic mass is 10.2. The van der Waals surface area contributed by atoms with Gasteiger partial charge in [-0.3, -0.25) is 0 Å². The standard InChI is InChI=1S/C8H9F3O2/c1-5(12)4-6-2-3-7(13-6)8(9,10)11/h2-3,5,12H,4H2,1H3. The summed E-state index contributed by atoms with van der Waals surface area (Å²) in [6.07, 6.45) is -5.06. The highest BCUT2D eigenvalue weighted by molar-refractivity contribution is 5.10. The molecule has 0 aliphatic carbocycles. The first-order valence-electron chi connectivity index (χ1n) is 3.73. The van der Waals surface area contributed by atoms with Gasteiger partial charge in [-0.05, 0) is 19.1 Å². The van der Waals surface area contributed by atoms with Gasteiger partial charge >= 0.3 is 6.18 Å². The van der Waals surface area contributed by atoms with E-state index in [-0.39, 0.29) is 12.2 Å². The van der Waals surface area contributed by atoms with Crippen LogP contribution in [0.4, 0.5) is 13.2 Å². The van der Waals surface area contributed by atoms with E-state index in [1.807, 2.05) is 0 Å². The molecule has 74 valence electrons. The van der Waals surface area contributed by atoms with E-state index in [9.17, 15) is 13.2 Å². The third-order valence-electron chi connectivity index (χ3n) is 1.44. The highest BCUT2D eigenvalue weighted by Gasteiger charge is 2.34. The molecule has 0 saturated carbocycles. The fraction of sp³-hybridized carbons (Fsp3) is 0.500. The number of aliphatic hydroxyl groups is 1. The molecule has 1 heterocycles. The van der Waals surface area contributed by atoms with Crippen molar-refractivity contribution in [3.8, 4) is 0 Å². The molecule has 2 nitrogen and oxygen atoms in total. The van der Waals surface area contributed by atoms with Crippen LogP contribution in [0.2, 0.25) is 0 Å². The van der Waals surface area contributed by atoms with Gasteiger partial charge in [0.1, 0.15) is 5.76 Å². The molecule has 0 aliphatic rings.